The van der Waals surface area contributed by atoms with Crippen molar-refractivity contribution in [3.05, 3.63) is 61.2 Å². The maximum atomic E-state index is 12.4. The number of anilines is 1. The van der Waals surface area contributed by atoms with Crippen molar-refractivity contribution >= 4 is 11.7 Å². The third-order valence-corrected chi connectivity index (χ3v) is 4.77. The van der Waals surface area contributed by atoms with Crippen LogP contribution in [0.5, 0.6) is 0 Å². The first kappa shape index (κ1) is 17.1. The third-order valence-electron chi connectivity index (χ3n) is 4.77. The zero-order chi connectivity index (χ0) is 18.5. The lowest BCUT2D eigenvalue weighted by Crippen LogP contribution is -2.40. The Bertz CT molecular complexity index is 874. The second-order valence-electron chi connectivity index (χ2n) is 6.50. The zero-order valence-electron chi connectivity index (χ0n) is 14.9. The van der Waals surface area contributed by atoms with Crippen molar-refractivity contribution in [1.82, 2.24) is 29.8 Å². The van der Waals surface area contributed by atoms with E-state index in [0.717, 1.165) is 43.3 Å². The molecule has 1 fully saturated rings. The predicted octanol–water partition coefficient (Wildman–Crippen LogP) is 1.59. The molecular formula is C19H21N7O. The molecule has 8 heteroatoms. The van der Waals surface area contributed by atoms with Gasteiger partial charge in [0.2, 0.25) is 5.91 Å². The second-order valence-corrected chi connectivity index (χ2v) is 6.50. The molecule has 0 atom stereocenters. The van der Waals surface area contributed by atoms with E-state index in [1.54, 1.807) is 25.0 Å². The molecule has 3 aromatic rings. The molecule has 138 valence electrons. The minimum Gasteiger partial charge on any atom is -0.356 e. The van der Waals surface area contributed by atoms with Gasteiger partial charge < -0.3 is 10.2 Å². The number of rotatable bonds is 5. The number of carbonyl (C=O) groups excluding carboxylic acids is 1. The molecule has 1 saturated heterocycles. The molecule has 0 aliphatic carbocycles. The highest BCUT2D eigenvalue weighted by molar-refractivity contribution is 5.78. The fourth-order valence-corrected chi connectivity index (χ4v) is 3.24. The van der Waals surface area contributed by atoms with Gasteiger partial charge in [-0.15, -0.1) is 0 Å². The monoisotopic (exact) mass is 363 g/mol. The van der Waals surface area contributed by atoms with E-state index in [1.165, 1.54) is 0 Å². The van der Waals surface area contributed by atoms with Crippen LogP contribution in [0.2, 0.25) is 0 Å². The molecule has 0 bridgehead atoms. The van der Waals surface area contributed by atoms with E-state index in [2.05, 4.69) is 30.2 Å². The first-order chi connectivity index (χ1) is 13.3. The van der Waals surface area contributed by atoms with E-state index in [-0.39, 0.29) is 11.8 Å². The maximum Gasteiger partial charge on any atom is 0.223 e. The Morgan fingerprint density at radius 3 is 2.70 bits per heavy atom. The number of imidazole rings is 1. The molecule has 0 unspecified atom stereocenters. The smallest absolute Gasteiger partial charge is 0.223 e. The number of amides is 1. The van der Waals surface area contributed by atoms with E-state index in [1.807, 2.05) is 35.0 Å². The van der Waals surface area contributed by atoms with Crippen LogP contribution in [-0.4, -0.2) is 43.5 Å². The van der Waals surface area contributed by atoms with Gasteiger partial charge in [0.05, 0.1) is 12.2 Å². The fraction of sp³-hybridized carbons (Fsp3) is 0.316. The molecule has 0 radical (unpaired) electrons. The van der Waals surface area contributed by atoms with Gasteiger partial charge in [-0.3, -0.25) is 14.3 Å². The molecule has 4 rings (SSSR count). The summed E-state index contributed by atoms with van der Waals surface area (Å²) in [6.07, 6.45) is 10.2. The summed E-state index contributed by atoms with van der Waals surface area (Å²) in [5, 5.41) is 3.00. The Labute approximate surface area is 157 Å². The number of piperidine rings is 1. The molecule has 0 spiro atoms. The first-order valence-electron chi connectivity index (χ1n) is 9.02. The van der Waals surface area contributed by atoms with Gasteiger partial charge in [0.25, 0.3) is 0 Å². The summed E-state index contributed by atoms with van der Waals surface area (Å²) in [4.78, 5) is 31.6. The maximum absolute atomic E-state index is 12.4. The lowest BCUT2D eigenvalue weighted by Gasteiger charge is -2.32. The lowest BCUT2D eigenvalue weighted by atomic mass is 9.96. The van der Waals surface area contributed by atoms with Gasteiger partial charge in [0, 0.05) is 43.7 Å². The van der Waals surface area contributed by atoms with Crippen LogP contribution in [0.4, 0.5) is 5.82 Å². The van der Waals surface area contributed by atoms with Crippen molar-refractivity contribution in [2.75, 3.05) is 18.0 Å². The van der Waals surface area contributed by atoms with Gasteiger partial charge in [0.15, 0.2) is 0 Å². The SMILES string of the molecule is O=C(NCc1ccccn1)C1CCN(c2cc(-n3ccnc3)ncn2)CC1. The summed E-state index contributed by atoms with van der Waals surface area (Å²) < 4.78 is 1.85. The topological polar surface area (TPSA) is 88.8 Å². The highest BCUT2D eigenvalue weighted by Crippen LogP contribution is 2.22. The first-order valence-corrected chi connectivity index (χ1v) is 9.02. The standard InChI is InChI=1S/C19H21N7O/c27-19(22-12-16-3-1-2-6-21-16)15-4-8-25(9-5-15)17-11-18(24-13-23-17)26-10-7-20-14-26/h1-3,6-7,10-11,13-15H,4-5,8-9,12H2,(H,22,27). The molecule has 0 saturated carbocycles. The Morgan fingerprint density at radius 1 is 1.11 bits per heavy atom. The van der Waals surface area contributed by atoms with Crippen molar-refractivity contribution in [3.63, 3.8) is 0 Å². The lowest BCUT2D eigenvalue weighted by molar-refractivity contribution is -0.125. The van der Waals surface area contributed by atoms with Crippen LogP contribution in [0, 0.1) is 5.92 Å². The van der Waals surface area contributed by atoms with Crippen molar-refractivity contribution in [3.8, 4) is 5.82 Å². The minimum atomic E-state index is 0.0277. The molecule has 3 aromatic heterocycles. The van der Waals surface area contributed by atoms with E-state index < -0.39 is 0 Å². The molecule has 0 aromatic carbocycles. The van der Waals surface area contributed by atoms with E-state index in [0.29, 0.717) is 6.54 Å². The van der Waals surface area contributed by atoms with Crippen molar-refractivity contribution < 1.29 is 4.79 Å². The van der Waals surface area contributed by atoms with Crippen LogP contribution in [0.1, 0.15) is 18.5 Å². The molecule has 4 heterocycles. The molecule has 1 amide bonds. The summed E-state index contributed by atoms with van der Waals surface area (Å²) >= 11 is 0. The Hall–Kier alpha value is -3.29. The van der Waals surface area contributed by atoms with Gasteiger partial charge >= 0.3 is 0 Å². The zero-order valence-corrected chi connectivity index (χ0v) is 14.9. The van der Waals surface area contributed by atoms with Gasteiger partial charge in [0.1, 0.15) is 24.3 Å². The van der Waals surface area contributed by atoms with Crippen molar-refractivity contribution in [2.24, 2.45) is 5.92 Å². The van der Waals surface area contributed by atoms with E-state index >= 15 is 0 Å². The van der Waals surface area contributed by atoms with E-state index in [4.69, 9.17) is 0 Å². The highest BCUT2D eigenvalue weighted by Gasteiger charge is 2.25. The van der Waals surface area contributed by atoms with E-state index in [9.17, 15) is 4.79 Å². The Balaban J connectivity index is 1.32. The normalized spacial score (nSPS) is 14.9. The Kier molecular flexibility index (Phi) is 5.04. The fourth-order valence-electron chi connectivity index (χ4n) is 3.24. The summed E-state index contributed by atoms with van der Waals surface area (Å²) in [6.45, 7) is 2.06. The second kappa shape index (κ2) is 7.94. The van der Waals surface area contributed by atoms with Crippen LogP contribution in [0.15, 0.2) is 55.5 Å². The number of aromatic nitrogens is 5. The van der Waals surface area contributed by atoms with Gasteiger partial charge in [-0.2, -0.15) is 0 Å². The number of carbonyl (C=O) groups is 1. The highest BCUT2D eigenvalue weighted by atomic mass is 16.1. The third kappa shape index (κ3) is 4.11. The van der Waals surface area contributed by atoms with Crippen LogP contribution in [0.3, 0.4) is 0 Å². The molecule has 27 heavy (non-hydrogen) atoms. The number of hydrogen-bond donors (Lipinski definition) is 1. The predicted molar refractivity (Wildman–Crippen MR) is 100 cm³/mol. The van der Waals surface area contributed by atoms with Gasteiger partial charge in [-0.1, -0.05) is 6.07 Å². The summed E-state index contributed by atoms with van der Waals surface area (Å²) in [5.41, 5.74) is 0.872. The van der Waals surface area contributed by atoms with Crippen LogP contribution in [-0.2, 0) is 11.3 Å². The quantitative estimate of drug-likeness (QED) is 0.741. The average molecular weight is 363 g/mol. The molecule has 1 aliphatic rings. The summed E-state index contributed by atoms with van der Waals surface area (Å²) in [6, 6.07) is 7.65. The average Bonchev–Trinajstić information content (AvgIpc) is 3.28. The van der Waals surface area contributed by atoms with Gasteiger partial charge in [-0.05, 0) is 25.0 Å². The summed E-state index contributed by atoms with van der Waals surface area (Å²) in [5.74, 6) is 1.79. The summed E-state index contributed by atoms with van der Waals surface area (Å²) in [7, 11) is 0. The number of nitrogens with one attached hydrogen (secondary N) is 1. The van der Waals surface area contributed by atoms with Crippen molar-refractivity contribution in [1.29, 1.82) is 0 Å². The molecule has 1 N–H and O–H groups in total. The largest absolute Gasteiger partial charge is 0.356 e. The minimum absolute atomic E-state index is 0.0277. The van der Waals surface area contributed by atoms with Crippen LogP contribution < -0.4 is 10.2 Å². The number of hydrogen-bond acceptors (Lipinski definition) is 6. The van der Waals surface area contributed by atoms with Crippen LogP contribution >= 0.6 is 0 Å². The van der Waals surface area contributed by atoms with Crippen LogP contribution in [0.25, 0.3) is 5.82 Å². The molecular weight excluding hydrogens is 342 g/mol. The van der Waals surface area contributed by atoms with Crippen molar-refractivity contribution in [2.45, 2.75) is 19.4 Å². The molecule has 8 nitrogen and oxygen atoms in total. The number of nitrogens with zero attached hydrogens (tertiary/aromatic N) is 6. The van der Waals surface area contributed by atoms with Gasteiger partial charge in [-0.25, -0.2) is 15.0 Å². The molecule has 1 aliphatic heterocycles. The Morgan fingerprint density at radius 2 is 1.96 bits per heavy atom. The number of pyridine rings is 1.